The van der Waals surface area contributed by atoms with Crippen molar-refractivity contribution < 1.29 is 17.9 Å². The Morgan fingerprint density at radius 1 is 1.23 bits per heavy atom. The van der Waals surface area contributed by atoms with Crippen molar-refractivity contribution in [1.82, 2.24) is 20.1 Å². The monoisotopic (exact) mass is 447 g/mol. The van der Waals surface area contributed by atoms with Crippen molar-refractivity contribution >= 4 is 15.9 Å². The number of hydrogen-bond donors (Lipinski definition) is 2. The van der Waals surface area contributed by atoms with Gasteiger partial charge < -0.3 is 20.2 Å². The van der Waals surface area contributed by atoms with Crippen LogP contribution < -0.4 is 15.5 Å². The van der Waals surface area contributed by atoms with E-state index >= 15 is 0 Å². The van der Waals surface area contributed by atoms with E-state index < -0.39 is 10.0 Å². The van der Waals surface area contributed by atoms with Crippen LogP contribution in [0.1, 0.15) is 32.3 Å². The van der Waals surface area contributed by atoms with Crippen molar-refractivity contribution in [3.63, 3.8) is 0 Å². The topological polar surface area (TPSA) is 95.5 Å². The first-order valence-corrected chi connectivity index (χ1v) is 12.0. The van der Waals surface area contributed by atoms with Crippen molar-refractivity contribution in [2.75, 3.05) is 40.0 Å². The molecule has 10 heteroatoms. The Kier molecular flexibility index (Phi) is 6.22. The average molecular weight is 448 g/mol. The van der Waals surface area contributed by atoms with Crippen molar-refractivity contribution in [2.45, 2.75) is 31.6 Å². The highest BCUT2D eigenvalue weighted by Crippen LogP contribution is 2.30. The van der Waals surface area contributed by atoms with Crippen molar-refractivity contribution in [2.24, 2.45) is 4.99 Å². The number of nitrogens with zero attached hydrogens (tertiary/aromatic N) is 3. The minimum atomic E-state index is -3.63. The molecule has 9 nitrogen and oxygen atoms in total. The van der Waals surface area contributed by atoms with Crippen molar-refractivity contribution in [1.29, 1.82) is 0 Å². The SMILES string of the molecule is CCCC1=C2NC(c3cc(S(=O)(=O)N4CCOCC4)ccc3OCC)=NC=C2N(C)N1. The summed E-state index contributed by atoms with van der Waals surface area (Å²) in [6.45, 7) is 5.99. The summed E-state index contributed by atoms with van der Waals surface area (Å²) in [4.78, 5) is 4.80. The Morgan fingerprint density at radius 2 is 2.00 bits per heavy atom. The number of ether oxygens (including phenoxy) is 2. The zero-order valence-electron chi connectivity index (χ0n) is 18.1. The van der Waals surface area contributed by atoms with Crippen LogP contribution in [0.2, 0.25) is 0 Å². The van der Waals surface area contributed by atoms with Crippen LogP contribution in [0.15, 0.2) is 51.4 Å². The zero-order chi connectivity index (χ0) is 22.0. The third kappa shape index (κ3) is 4.15. The highest BCUT2D eigenvalue weighted by molar-refractivity contribution is 7.89. The van der Waals surface area contributed by atoms with E-state index in [9.17, 15) is 8.42 Å². The Labute approximate surface area is 183 Å². The van der Waals surface area contributed by atoms with Crippen LogP contribution in [0.3, 0.4) is 0 Å². The summed E-state index contributed by atoms with van der Waals surface area (Å²) >= 11 is 0. The number of benzene rings is 1. The van der Waals surface area contributed by atoms with Gasteiger partial charge in [0, 0.05) is 20.1 Å². The van der Waals surface area contributed by atoms with Crippen LogP contribution in [-0.4, -0.2) is 63.5 Å². The summed E-state index contributed by atoms with van der Waals surface area (Å²) in [6, 6.07) is 4.94. The molecule has 0 radical (unpaired) electrons. The van der Waals surface area contributed by atoms with Gasteiger partial charge in [-0.2, -0.15) is 4.31 Å². The van der Waals surface area contributed by atoms with Crippen LogP contribution >= 0.6 is 0 Å². The Balaban J connectivity index is 1.74. The van der Waals surface area contributed by atoms with Gasteiger partial charge in [-0.3, -0.25) is 5.01 Å². The van der Waals surface area contributed by atoms with Crippen LogP contribution in [0.25, 0.3) is 0 Å². The number of rotatable bonds is 7. The number of nitrogens with one attached hydrogen (secondary N) is 2. The van der Waals surface area contributed by atoms with Gasteiger partial charge >= 0.3 is 0 Å². The first kappa shape index (κ1) is 21.7. The van der Waals surface area contributed by atoms with E-state index in [0.717, 1.165) is 29.9 Å². The maximum Gasteiger partial charge on any atom is 0.243 e. The molecule has 0 unspecified atom stereocenters. The first-order chi connectivity index (χ1) is 15.0. The third-order valence-corrected chi connectivity index (χ3v) is 7.29. The fraction of sp³-hybridized carbons (Fsp3) is 0.476. The summed E-state index contributed by atoms with van der Waals surface area (Å²) in [6.07, 6.45) is 3.68. The molecule has 0 atom stereocenters. The predicted octanol–water partition coefficient (Wildman–Crippen LogP) is 1.76. The summed E-state index contributed by atoms with van der Waals surface area (Å²) < 4.78 is 38.9. The minimum Gasteiger partial charge on any atom is -0.493 e. The van der Waals surface area contributed by atoms with Crippen LogP contribution in [0.4, 0.5) is 0 Å². The van der Waals surface area contributed by atoms with E-state index in [4.69, 9.17) is 9.47 Å². The predicted molar refractivity (Wildman–Crippen MR) is 118 cm³/mol. The standard InChI is InChI=1S/C21H29N5O4S/c1-4-6-17-20-18(25(3)24-17)14-22-21(23-20)16-13-15(7-8-19(16)30-5-2)31(27,28)26-9-11-29-12-10-26/h7-8,13-14,24H,4-6,9-12H2,1-3H3,(H,22,23). The normalized spacial score (nSPS) is 19.4. The van der Waals surface area contributed by atoms with E-state index in [1.807, 2.05) is 19.0 Å². The maximum absolute atomic E-state index is 13.2. The lowest BCUT2D eigenvalue weighted by Gasteiger charge is -2.26. The van der Waals surface area contributed by atoms with Crippen LogP contribution in [0.5, 0.6) is 5.75 Å². The second kappa shape index (κ2) is 8.89. The number of sulfonamides is 1. The van der Waals surface area contributed by atoms with E-state index in [1.54, 1.807) is 24.4 Å². The molecule has 3 aliphatic rings. The molecule has 1 aromatic rings. The van der Waals surface area contributed by atoms with Gasteiger partial charge in [-0.1, -0.05) is 13.3 Å². The van der Waals surface area contributed by atoms with E-state index in [0.29, 0.717) is 50.1 Å². The molecular formula is C21H29N5O4S. The number of hydrogen-bond acceptors (Lipinski definition) is 8. The lowest BCUT2D eigenvalue weighted by molar-refractivity contribution is 0.0730. The smallest absolute Gasteiger partial charge is 0.243 e. The molecule has 0 aromatic heterocycles. The summed E-state index contributed by atoms with van der Waals surface area (Å²) in [5, 5.41) is 5.33. The van der Waals surface area contributed by atoms with Gasteiger partial charge in [-0.15, -0.1) is 0 Å². The molecule has 2 N–H and O–H groups in total. The van der Waals surface area contributed by atoms with Gasteiger partial charge in [0.15, 0.2) is 0 Å². The number of aliphatic imine (C=N–C) groups is 1. The highest BCUT2D eigenvalue weighted by Gasteiger charge is 2.30. The fourth-order valence-electron chi connectivity index (χ4n) is 3.85. The quantitative estimate of drug-likeness (QED) is 0.658. The summed E-state index contributed by atoms with van der Waals surface area (Å²) in [7, 11) is -1.69. The molecule has 0 bridgehead atoms. The maximum atomic E-state index is 13.2. The molecule has 3 heterocycles. The Hall–Kier alpha value is -2.56. The fourth-order valence-corrected chi connectivity index (χ4v) is 5.28. The number of allylic oxidation sites excluding steroid dienone is 1. The zero-order valence-corrected chi connectivity index (χ0v) is 19.0. The van der Waals surface area contributed by atoms with Gasteiger partial charge in [0.05, 0.1) is 47.9 Å². The Morgan fingerprint density at radius 3 is 2.71 bits per heavy atom. The molecule has 0 saturated carbocycles. The number of likely N-dealkylation sites (N-methyl/N-ethyl adjacent to an activating group) is 1. The molecule has 168 valence electrons. The van der Waals surface area contributed by atoms with Gasteiger partial charge in [0.1, 0.15) is 17.3 Å². The molecule has 0 spiro atoms. The van der Waals surface area contributed by atoms with Crippen molar-refractivity contribution in [3.8, 4) is 5.75 Å². The third-order valence-electron chi connectivity index (χ3n) is 5.40. The molecule has 1 saturated heterocycles. The Bertz CT molecular complexity index is 1040. The van der Waals surface area contributed by atoms with Crippen LogP contribution in [-0.2, 0) is 14.8 Å². The first-order valence-electron chi connectivity index (χ1n) is 10.6. The van der Waals surface area contributed by atoms with E-state index in [-0.39, 0.29) is 4.90 Å². The van der Waals surface area contributed by atoms with Crippen molar-refractivity contribution in [3.05, 3.63) is 47.1 Å². The number of amidine groups is 1. The molecule has 1 fully saturated rings. The second-order valence-electron chi connectivity index (χ2n) is 7.50. The number of morpholine rings is 1. The minimum absolute atomic E-state index is 0.219. The van der Waals surface area contributed by atoms with Gasteiger partial charge in [0.2, 0.25) is 10.0 Å². The molecular weight excluding hydrogens is 418 g/mol. The van der Waals surface area contributed by atoms with Gasteiger partial charge in [-0.05, 0) is 31.5 Å². The van der Waals surface area contributed by atoms with Gasteiger partial charge in [0.25, 0.3) is 0 Å². The second-order valence-corrected chi connectivity index (χ2v) is 9.44. The molecule has 1 aromatic carbocycles. The number of hydrazine groups is 1. The van der Waals surface area contributed by atoms with E-state index in [2.05, 4.69) is 22.7 Å². The molecule has 3 aliphatic heterocycles. The van der Waals surface area contributed by atoms with Gasteiger partial charge in [-0.25, -0.2) is 13.4 Å². The molecule has 31 heavy (non-hydrogen) atoms. The molecule has 4 rings (SSSR count). The lowest BCUT2D eigenvalue weighted by atomic mass is 10.1. The highest BCUT2D eigenvalue weighted by atomic mass is 32.2. The summed E-state index contributed by atoms with van der Waals surface area (Å²) in [5.74, 6) is 1.15. The van der Waals surface area contributed by atoms with Crippen LogP contribution in [0, 0.1) is 0 Å². The molecule has 0 amide bonds. The lowest BCUT2D eigenvalue weighted by Crippen LogP contribution is -2.40. The summed E-state index contributed by atoms with van der Waals surface area (Å²) in [5.41, 5.74) is 6.95. The number of fused-ring (bicyclic) bond motifs is 1. The van der Waals surface area contributed by atoms with E-state index in [1.165, 1.54) is 4.31 Å². The largest absolute Gasteiger partial charge is 0.493 e. The molecule has 0 aliphatic carbocycles. The average Bonchev–Trinajstić information content (AvgIpc) is 3.10.